The fourth-order valence-corrected chi connectivity index (χ4v) is 5.45. The molecule has 7 nitrogen and oxygen atoms in total. The molecule has 3 atom stereocenters. The fraction of sp³-hybridized carbons (Fsp3) is 0.364. The van der Waals surface area contributed by atoms with Crippen LogP contribution in [-0.2, 0) is 16.0 Å². The summed E-state index contributed by atoms with van der Waals surface area (Å²) in [4.78, 5) is 13.0. The Bertz CT molecular complexity index is 1480. The smallest absolute Gasteiger partial charge is 0.419 e. The highest BCUT2D eigenvalue weighted by molar-refractivity contribution is 5.93. The summed E-state index contributed by atoms with van der Waals surface area (Å²) >= 11 is 0. The number of nitrogens with zero attached hydrogens (tertiary/aromatic N) is 1. The number of benzene rings is 3. The number of methoxy groups -OCH3 is 1. The third-order valence-corrected chi connectivity index (χ3v) is 7.50. The zero-order valence-corrected chi connectivity index (χ0v) is 24.1. The van der Waals surface area contributed by atoms with Crippen molar-refractivity contribution >= 4 is 17.0 Å². The van der Waals surface area contributed by atoms with Gasteiger partial charge in [-0.1, -0.05) is 24.3 Å². The predicted octanol–water partition coefficient (Wildman–Crippen LogP) is 6.15. The van der Waals surface area contributed by atoms with Crippen molar-refractivity contribution in [3.63, 3.8) is 0 Å². The van der Waals surface area contributed by atoms with Gasteiger partial charge in [-0.3, -0.25) is 4.57 Å². The van der Waals surface area contributed by atoms with Crippen LogP contribution in [0.2, 0.25) is 0 Å². The van der Waals surface area contributed by atoms with Gasteiger partial charge in [0.1, 0.15) is 23.0 Å². The first-order valence-corrected chi connectivity index (χ1v) is 14.0. The van der Waals surface area contributed by atoms with Gasteiger partial charge in [-0.05, 0) is 79.9 Å². The van der Waals surface area contributed by atoms with Gasteiger partial charge in [0.05, 0.1) is 37.5 Å². The van der Waals surface area contributed by atoms with Gasteiger partial charge in [0.2, 0.25) is 0 Å². The average Bonchev–Trinajstić information content (AvgIpc) is 3.32. The maximum Gasteiger partial charge on any atom is 0.419 e. The first-order valence-electron chi connectivity index (χ1n) is 14.0. The first kappa shape index (κ1) is 29.7. The van der Waals surface area contributed by atoms with Crippen molar-refractivity contribution in [2.75, 3.05) is 13.7 Å². The standard InChI is InChI=1S/C33H36F2N2O5/c1-33(2,3)42-32(39)37-18-22(26-15-25(40-4)13-14-28(26)37)17-36-27-19-41-30(16-29(27)38)31(20-5-9-23(34)10-6-20)21-7-11-24(35)12-8-21/h5-15,18,27,29-31,36,38H,16-17,19H2,1-4H3/t27-,29+,30+/m1/s1. The molecular weight excluding hydrogens is 542 g/mol. The highest BCUT2D eigenvalue weighted by atomic mass is 19.1. The molecule has 1 saturated heterocycles. The summed E-state index contributed by atoms with van der Waals surface area (Å²) in [5.74, 6) is -0.365. The number of carbonyl (C=O) groups excluding carboxylic acids is 1. The molecule has 2 N–H and O–H groups in total. The van der Waals surface area contributed by atoms with E-state index in [4.69, 9.17) is 14.2 Å². The summed E-state index contributed by atoms with van der Waals surface area (Å²) in [6.45, 7) is 6.02. The molecule has 0 radical (unpaired) electrons. The van der Waals surface area contributed by atoms with Crippen LogP contribution in [0.15, 0.2) is 72.9 Å². The Morgan fingerprint density at radius 3 is 2.21 bits per heavy atom. The summed E-state index contributed by atoms with van der Waals surface area (Å²) in [6.07, 6.45) is 0.405. The molecule has 1 aromatic heterocycles. The Labute approximate surface area is 244 Å². The second-order valence-corrected chi connectivity index (χ2v) is 11.6. The number of halogens is 2. The lowest BCUT2D eigenvalue weighted by atomic mass is 9.82. The van der Waals surface area contributed by atoms with E-state index in [-0.39, 0.29) is 30.2 Å². The van der Waals surface area contributed by atoms with Crippen LogP contribution >= 0.6 is 0 Å². The molecule has 0 spiro atoms. The van der Waals surface area contributed by atoms with E-state index in [9.17, 15) is 18.7 Å². The van der Waals surface area contributed by atoms with E-state index in [0.29, 0.717) is 24.2 Å². The van der Waals surface area contributed by atoms with E-state index in [1.165, 1.54) is 28.8 Å². The van der Waals surface area contributed by atoms with E-state index in [2.05, 4.69) is 5.32 Å². The minimum absolute atomic E-state index is 0.221. The number of hydrogen-bond donors (Lipinski definition) is 2. The number of carbonyl (C=O) groups is 1. The molecule has 3 aromatic carbocycles. The van der Waals surface area contributed by atoms with Gasteiger partial charge in [-0.25, -0.2) is 13.6 Å². The first-order chi connectivity index (χ1) is 20.0. The molecule has 4 aromatic rings. The van der Waals surface area contributed by atoms with Crippen molar-refractivity contribution in [2.24, 2.45) is 0 Å². The predicted molar refractivity (Wildman–Crippen MR) is 156 cm³/mol. The molecule has 1 aliphatic heterocycles. The maximum absolute atomic E-state index is 13.7. The second kappa shape index (κ2) is 12.2. The van der Waals surface area contributed by atoms with Crippen LogP contribution in [0.3, 0.4) is 0 Å². The molecule has 42 heavy (non-hydrogen) atoms. The quantitative estimate of drug-likeness (QED) is 0.274. The van der Waals surface area contributed by atoms with Gasteiger partial charge in [-0.15, -0.1) is 0 Å². The molecule has 0 bridgehead atoms. The van der Waals surface area contributed by atoms with Crippen LogP contribution in [0.4, 0.5) is 13.6 Å². The SMILES string of the molecule is COc1ccc2c(c1)c(CN[C@@H]1CO[C@H](C(c3ccc(F)cc3)c3ccc(F)cc3)C[C@@H]1O)cn2C(=O)OC(C)(C)C. The van der Waals surface area contributed by atoms with Crippen LogP contribution in [0, 0.1) is 11.6 Å². The highest BCUT2D eigenvalue weighted by Gasteiger charge is 2.36. The molecule has 9 heteroatoms. The Morgan fingerprint density at radius 2 is 1.67 bits per heavy atom. The average molecular weight is 579 g/mol. The van der Waals surface area contributed by atoms with Gasteiger partial charge in [0.15, 0.2) is 0 Å². The minimum atomic E-state index is -0.749. The van der Waals surface area contributed by atoms with E-state index >= 15 is 0 Å². The summed E-state index contributed by atoms with van der Waals surface area (Å²) in [5, 5.41) is 15.4. The second-order valence-electron chi connectivity index (χ2n) is 11.6. The monoisotopic (exact) mass is 578 g/mol. The largest absolute Gasteiger partial charge is 0.497 e. The Kier molecular flexibility index (Phi) is 8.63. The number of ether oxygens (including phenoxy) is 3. The Morgan fingerprint density at radius 1 is 1.05 bits per heavy atom. The molecule has 222 valence electrons. The van der Waals surface area contributed by atoms with E-state index in [1.807, 2.05) is 32.9 Å². The van der Waals surface area contributed by atoms with Gasteiger partial charge in [-0.2, -0.15) is 0 Å². The lowest BCUT2D eigenvalue weighted by molar-refractivity contribution is -0.0718. The van der Waals surface area contributed by atoms with E-state index < -0.39 is 23.9 Å². The van der Waals surface area contributed by atoms with E-state index in [0.717, 1.165) is 22.1 Å². The van der Waals surface area contributed by atoms with Crippen molar-refractivity contribution in [3.8, 4) is 5.75 Å². The third kappa shape index (κ3) is 6.64. The number of aliphatic hydroxyl groups is 1. The normalized spacial score (nSPS) is 19.3. The molecule has 0 aliphatic carbocycles. The Balaban J connectivity index is 1.33. The van der Waals surface area contributed by atoms with Crippen molar-refractivity contribution in [2.45, 2.75) is 63.5 Å². The number of fused-ring (bicyclic) bond motifs is 1. The van der Waals surface area contributed by atoms with Gasteiger partial charge in [0.25, 0.3) is 0 Å². The summed E-state index contributed by atoms with van der Waals surface area (Å²) in [7, 11) is 1.58. The third-order valence-electron chi connectivity index (χ3n) is 7.50. The molecular formula is C33H36F2N2O5. The van der Waals surface area contributed by atoms with Crippen molar-refractivity contribution in [1.29, 1.82) is 0 Å². The topological polar surface area (TPSA) is 82.0 Å². The molecule has 0 amide bonds. The number of aliphatic hydroxyl groups excluding tert-OH is 1. The van der Waals surface area contributed by atoms with E-state index in [1.54, 1.807) is 43.6 Å². The number of rotatable bonds is 7. The molecule has 2 heterocycles. The minimum Gasteiger partial charge on any atom is -0.497 e. The van der Waals surface area contributed by atoms with Crippen LogP contribution in [0.5, 0.6) is 5.75 Å². The van der Waals surface area contributed by atoms with Crippen LogP contribution in [-0.4, -0.2) is 53.3 Å². The van der Waals surface area contributed by atoms with Crippen LogP contribution < -0.4 is 10.1 Å². The maximum atomic E-state index is 13.7. The van der Waals surface area contributed by atoms with Crippen molar-refractivity contribution < 1.29 is 32.9 Å². The van der Waals surface area contributed by atoms with Gasteiger partial charge < -0.3 is 24.6 Å². The molecule has 0 saturated carbocycles. The lowest BCUT2D eigenvalue weighted by Crippen LogP contribution is -2.50. The van der Waals surface area contributed by atoms with Crippen molar-refractivity contribution in [1.82, 2.24) is 9.88 Å². The summed E-state index contributed by atoms with van der Waals surface area (Å²) < 4.78 is 46.2. The molecule has 0 unspecified atom stereocenters. The summed E-state index contributed by atoms with van der Waals surface area (Å²) in [6, 6.07) is 17.4. The van der Waals surface area contributed by atoms with Crippen LogP contribution in [0.1, 0.15) is 49.8 Å². The number of nitrogens with one attached hydrogen (secondary N) is 1. The Hall–Kier alpha value is -3.79. The molecule has 1 fully saturated rings. The molecule has 1 aliphatic rings. The van der Waals surface area contributed by atoms with Gasteiger partial charge in [0, 0.05) is 30.5 Å². The molecule has 5 rings (SSSR count). The number of aromatic nitrogens is 1. The zero-order valence-electron chi connectivity index (χ0n) is 24.1. The fourth-order valence-electron chi connectivity index (χ4n) is 5.45. The van der Waals surface area contributed by atoms with Crippen molar-refractivity contribution in [3.05, 3.63) is 101 Å². The van der Waals surface area contributed by atoms with Gasteiger partial charge >= 0.3 is 6.09 Å². The summed E-state index contributed by atoms with van der Waals surface area (Å²) in [5.41, 5.74) is 2.49. The van der Waals surface area contributed by atoms with Crippen LogP contribution in [0.25, 0.3) is 10.9 Å². The lowest BCUT2D eigenvalue weighted by Gasteiger charge is -2.38. The zero-order chi connectivity index (χ0) is 30.0. The number of hydrogen-bond acceptors (Lipinski definition) is 6. The highest BCUT2D eigenvalue weighted by Crippen LogP contribution is 2.35.